The molecule has 2 saturated heterocycles. The van der Waals surface area contributed by atoms with Crippen LogP contribution in [0.3, 0.4) is 0 Å². The van der Waals surface area contributed by atoms with Crippen LogP contribution in [0.15, 0.2) is 77.7 Å². The molecule has 2 N–H and O–H groups in total. The fraction of sp³-hybridized carbons (Fsp3) is 0.415. The van der Waals surface area contributed by atoms with Gasteiger partial charge in [-0.3, -0.25) is 19.8 Å². The third-order valence-corrected chi connectivity index (χ3v) is 11.4. The summed E-state index contributed by atoms with van der Waals surface area (Å²) in [4.78, 5) is 28.6. The highest BCUT2D eigenvalue weighted by Gasteiger charge is 2.25. The minimum atomic E-state index is -4.36. The van der Waals surface area contributed by atoms with Gasteiger partial charge in [0.1, 0.15) is 5.69 Å². The zero-order valence-corrected chi connectivity index (χ0v) is 31.3. The monoisotopic (exact) mass is 742 g/mol. The first kappa shape index (κ1) is 41.5. The fourth-order valence-corrected chi connectivity index (χ4v) is 8.08. The van der Waals surface area contributed by atoms with Gasteiger partial charge in [-0.1, -0.05) is 58.0 Å². The van der Waals surface area contributed by atoms with Crippen molar-refractivity contribution >= 4 is 38.6 Å². The average molecular weight is 743 g/mol. The Morgan fingerprint density at radius 2 is 1.62 bits per heavy atom. The minimum Gasteiger partial charge on any atom is -0.381 e. The summed E-state index contributed by atoms with van der Waals surface area (Å²) in [5.41, 5.74) is 5.21. The van der Waals surface area contributed by atoms with E-state index in [1.165, 1.54) is 48.1 Å². The molecule has 0 spiro atoms. The lowest BCUT2D eigenvalue weighted by Crippen LogP contribution is -2.46. The van der Waals surface area contributed by atoms with Crippen molar-refractivity contribution in [1.82, 2.24) is 9.62 Å². The Kier molecular flexibility index (Phi) is 15.4. The van der Waals surface area contributed by atoms with Crippen molar-refractivity contribution < 1.29 is 22.9 Å². The molecule has 3 aromatic carbocycles. The fourth-order valence-electron chi connectivity index (χ4n) is 7.08. The molecule has 1 aliphatic carbocycles. The largest absolute Gasteiger partial charge is 0.381 e. The topological polar surface area (TPSA) is 134 Å². The van der Waals surface area contributed by atoms with E-state index in [1.54, 1.807) is 12.1 Å². The van der Waals surface area contributed by atoms with Crippen LogP contribution in [0, 0.1) is 37.3 Å². The summed E-state index contributed by atoms with van der Waals surface area (Å²) >= 11 is 0. The Labute approximate surface area is 316 Å². The van der Waals surface area contributed by atoms with Crippen molar-refractivity contribution in [2.24, 2.45) is 5.92 Å². The summed E-state index contributed by atoms with van der Waals surface area (Å²) in [5.74, 6) is -0.491. The molecule has 12 heteroatoms. The van der Waals surface area contributed by atoms with Gasteiger partial charge in [-0.15, -0.1) is 0 Å². The quantitative estimate of drug-likeness (QED) is 0.152. The van der Waals surface area contributed by atoms with Crippen LogP contribution in [0.25, 0.3) is 5.57 Å². The lowest BCUT2D eigenvalue weighted by molar-refractivity contribution is -0.384. The van der Waals surface area contributed by atoms with Crippen LogP contribution in [0.1, 0.15) is 72.9 Å². The van der Waals surface area contributed by atoms with Crippen LogP contribution in [-0.2, 0) is 21.3 Å². The number of nitro groups is 1. The van der Waals surface area contributed by atoms with Crippen molar-refractivity contribution in [3.05, 3.63) is 121 Å². The highest BCUT2D eigenvalue weighted by atomic mass is 32.2. The molecule has 11 nitrogen and oxygen atoms in total. The van der Waals surface area contributed by atoms with Gasteiger partial charge < -0.3 is 15.0 Å². The number of allylic oxidation sites excluding steroid dienone is 2. The molecule has 0 aromatic heterocycles. The van der Waals surface area contributed by atoms with Crippen LogP contribution < -0.4 is 14.9 Å². The number of carbonyl (C=O) groups excluding carboxylic acids is 1. The molecule has 2 heterocycles. The molecule has 283 valence electrons. The Morgan fingerprint density at radius 1 is 0.906 bits per heavy atom. The first-order chi connectivity index (χ1) is 24.8. The average Bonchev–Trinajstić information content (AvgIpc) is 3.29. The number of amides is 1. The van der Waals surface area contributed by atoms with E-state index in [0.29, 0.717) is 25.7 Å². The van der Waals surface area contributed by atoms with Crippen molar-refractivity contribution in [3.8, 4) is 0 Å². The second kappa shape index (κ2) is 19.7. The van der Waals surface area contributed by atoms with Crippen LogP contribution in [0.2, 0.25) is 0 Å². The van der Waals surface area contributed by atoms with Gasteiger partial charge in [-0.05, 0) is 104 Å². The molecule has 0 bridgehead atoms. The molecule has 5 radical (unpaired) electrons. The SMILES string of the molecule is O=C(NS(=O)(=O)c1ccc(NCC2CCOCC2)c([N+](=O)[O-])c1)c1ccc(N2CCN(Cc3ccccc3C3=CCCCC[CH]CC3)CC2)cc1.[CH2].[CH2]. The van der Waals surface area contributed by atoms with Crippen molar-refractivity contribution in [1.29, 1.82) is 0 Å². The van der Waals surface area contributed by atoms with Gasteiger partial charge in [0, 0.05) is 69.8 Å². The second-order valence-corrected chi connectivity index (χ2v) is 15.3. The summed E-state index contributed by atoms with van der Waals surface area (Å²) in [5, 5.41) is 14.9. The van der Waals surface area contributed by atoms with Gasteiger partial charge in [-0.25, -0.2) is 13.1 Å². The molecular weight excluding hydrogens is 691 g/mol. The molecule has 2 fully saturated rings. The standard InChI is InChI=1S/C39H48N5O6S.2CH2/c45-39(41-51(48,49)35-17-18-37(38(27-35)44(46)47)40-28-30-19-25-50-26-20-30)32-13-15-34(16-14-32)43-23-21-42(22-24-43)29-33-11-7-8-12-36(33)31-9-5-3-1-2-4-6-10-31;;/h3,7-8,10-18,27,30,40H,1-2,4-6,9,19-26,28-29H2,(H,41,45);2*1H2. The minimum absolute atomic E-state index is 0. The summed E-state index contributed by atoms with van der Waals surface area (Å²) in [6.07, 6.45) is 13.7. The molecule has 2 aliphatic heterocycles. The number of nitrogens with zero attached hydrogens (tertiary/aromatic N) is 3. The van der Waals surface area contributed by atoms with Gasteiger partial charge in [0.15, 0.2) is 0 Å². The van der Waals surface area contributed by atoms with Crippen LogP contribution in [-0.4, -0.2) is 70.1 Å². The maximum absolute atomic E-state index is 13.1. The summed E-state index contributed by atoms with van der Waals surface area (Å²) < 4.78 is 33.7. The second-order valence-electron chi connectivity index (χ2n) is 13.6. The molecule has 6 rings (SSSR count). The van der Waals surface area contributed by atoms with Gasteiger partial charge in [0.25, 0.3) is 21.6 Å². The highest BCUT2D eigenvalue weighted by Crippen LogP contribution is 2.30. The first-order valence-electron chi connectivity index (χ1n) is 18.1. The highest BCUT2D eigenvalue weighted by molar-refractivity contribution is 7.90. The molecule has 3 aliphatic rings. The third-order valence-electron chi connectivity index (χ3n) is 10.1. The third kappa shape index (κ3) is 11.1. The number of hydrogen-bond donors (Lipinski definition) is 2. The first-order valence-corrected chi connectivity index (χ1v) is 19.6. The lowest BCUT2D eigenvalue weighted by atomic mass is 9.94. The Bertz CT molecular complexity index is 1800. The van der Waals surface area contributed by atoms with E-state index in [4.69, 9.17) is 4.74 Å². The molecule has 0 saturated carbocycles. The van der Waals surface area contributed by atoms with E-state index in [0.717, 1.165) is 76.6 Å². The van der Waals surface area contributed by atoms with E-state index in [2.05, 4.69) is 56.6 Å². The normalized spacial score (nSPS) is 17.5. The van der Waals surface area contributed by atoms with Crippen LogP contribution in [0.4, 0.5) is 17.1 Å². The zero-order chi connectivity index (χ0) is 35.6. The predicted molar refractivity (Wildman–Crippen MR) is 211 cm³/mol. The number of carbonyl (C=O) groups is 1. The number of nitrogens with one attached hydrogen (secondary N) is 2. The van der Waals surface area contributed by atoms with E-state index in [-0.39, 0.29) is 36.7 Å². The zero-order valence-electron chi connectivity index (χ0n) is 30.5. The van der Waals surface area contributed by atoms with Gasteiger partial charge in [0.05, 0.1) is 9.82 Å². The number of benzene rings is 3. The number of piperazine rings is 1. The van der Waals surface area contributed by atoms with E-state index < -0.39 is 20.9 Å². The van der Waals surface area contributed by atoms with Crippen LogP contribution in [0.5, 0.6) is 0 Å². The van der Waals surface area contributed by atoms with Gasteiger partial charge in [0.2, 0.25) is 0 Å². The van der Waals surface area contributed by atoms with Crippen molar-refractivity contribution in [2.75, 3.05) is 56.2 Å². The molecule has 3 aromatic rings. The van der Waals surface area contributed by atoms with Crippen LogP contribution >= 0.6 is 0 Å². The van der Waals surface area contributed by atoms with Gasteiger partial charge >= 0.3 is 0 Å². The Hall–Kier alpha value is -4.26. The molecular formula is C41H52N5O6S. The summed E-state index contributed by atoms with van der Waals surface area (Å²) in [6.45, 7) is 6.19. The smallest absolute Gasteiger partial charge is 0.293 e. The van der Waals surface area contributed by atoms with E-state index in [9.17, 15) is 23.3 Å². The number of anilines is 2. The number of ether oxygens (including phenoxy) is 1. The lowest BCUT2D eigenvalue weighted by Gasteiger charge is -2.36. The van der Waals surface area contributed by atoms with Crippen molar-refractivity contribution in [2.45, 2.75) is 62.8 Å². The summed E-state index contributed by atoms with van der Waals surface area (Å²) in [6, 6.07) is 19.3. The summed E-state index contributed by atoms with van der Waals surface area (Å²) in [7, 11) is -4.36. The molecule has 0 atom stereocenters. The van der Waals surface area contributed by atoms with Crippen molar-refractivity contribution in [3.63, 3.8) is 0 Å². The number of nitro benzene ring substituents is 1. The Morgan fingerprint density at radius 3 is 2.36 bits per heavy atom. The Balaban J connectivity index is 0.00000314. The number of rotatable bonds is 11. The molecule has 53 heavy (non-hydrogen) atoms. The molecule has 0 unspecified atom stereocenters. The van der Waals surface area contributed by atoms with E-state index >= 15 is 0 Å². The molecule has 1 amide bonds. The van der Waals surface area contributed by atoms with E-state index in [1.807, 2.05) is 12.1 Å². The predicted octanol–water partition coefficient (Wildman–Crippen LogP) is 7.47. The maximum atomic E-state index is 13.1. The van der Waals surface area contributed by atoms with Gasteiger partial charge in [-0.2, -0.15) is 0 Å². The maximum Gasteiger partial charge on any atom is 0.293 e. The number of sulfonamides is 1. The number of hydrogen-bond acceptors (Lipinski definition) is 9.